The van der Waals surface area contributed by atoms with Gasteiger partial charge >= 0.3 is 5.97 Å². The van der Waals surface area contributed by atoms with E-state index in [1.807, 2.05) is 12.1 Å². The number of hydrogen-bond acceptors (Lipinski definition) is 4. The van der Waals surface area contributed by atoms with Crippen molar-refractivity contribution >= 4 is 34.3 Å². The molecule has 160 valence electrons. The van der Waals surface area contributed by atoms with Crippen LogP contribution in [0.2, 0.25) is 0 Å². The highest BCUT2D eigenvalue weighted by Gasteiger charge is 2.28. The van der Waals surface area contributed by atoms with Crippen molar-refractivity contribution in [1.82, 2.24) is 0 Å². The van der Waals surface area contributed by atoms with Crippen LogP contribution in [-0.4, -0.2) is 18.5 Å². The number of thiophene rings is 1. The largest absolute Gasteiger partial charge is 0.462 e. The van der Waals surface area contributed by atoms with Gasteiger partial charge in [-0.1, -0.05) is 52.0 Å². The number of carbonyl (C=O) groups excluding carboxylic acids is 2. The highest BCUT2D eigenvalue weighted by atomic mass is 32.1. The molecule has 1 amide bonds. The van der Waals surface area contributed by atoms with Crippen LogP contribution in [0.4, 0.5) is 5.00 Å². The SMILES string of the molecule is CCOC(=O)c1c(NC(=O)/C=C/c2ccc(C(C)(C)C)cc2)sc2c1CCC(C)C2. The van der Waals surface area contributed by atoms with Crippen molar-refractivity contribution in [2.24, 2.45) is 5.92 Å². The Morgan fingerprint density at radius 3 is 2.57 bits per heavy atom. The number of fused-ring (bicyclic) bond motifs is 1. The number of benzene rings is 1. The van der Waals surface area contributed by atoms with Gasteiger partial charge in [0, 0.05) is 11.0 Å². The van der Waals surface area contributed by atoms with Gasteiger partial charge in [-0.15, -0.1) is 11.3 Å². The Morgan fingerprint density at radius 1 is 1.23 bits per heavy atom. The van der Waals surface area contributed by atoms with Crippen molar-refractivity contribution in [2.45, 2.75) is 59.3 Å². The molecule has 1 aromatic carbocycles. The van der Waals surface area contributed by atoms with E-state index in [0.29, 0.717) is 23.1 Å². The van der Waals surface area contributed by atoms with Gasteiger partial charge in [0.05, 0.1) is 12.2 Å². The minimum atomic E-state index is -0.346. The third-order valence-electron chi connectivity index (χ3n) is 5.43. The number of carbonyl (C=O) groups is 2. The van der Waals surface area contributed by atoms with Gasteiger partial charge in [0.15, 0.2) is 0 Å². The molecule has 0 spiro atoms. The van der Waals surface area contributed by atoms with E-state index in [4.69, 9.17) is 4.74 Å². The molecule has 5 heteroatoms. The molecule has 1 aliphatic carbocycles. The maximum atomic E-state index is 12.6. The van der Waals surface area contributed by atoms with E-state index in [0.717, 1.165) is 30.4 Å². The quantitative estimate of drug-likeness (QED) is 0.472. The summed E-state index contributed by atoms with van der Waals surface area (Å²) in [5.74, 6) is -0.000550. The lowest BCUT2D eigenvalue weighted by Gasteiger charge is -2.18. The molecule has 2 aromatic rings. The van der Waals surface area contributed by atoms with Crippen molar-refractivity contribution in [2.75, 3.05) is 11.9 Å². The molecular weight excluding hydrogens is 394 g/mol. The second kappa shape index (κ2) is 9.17. The van der Waals surface area contributed by atoms with Crippen molar-refractivity contribution in [3.05, 3.63) is 57.5 Å². The maximum absolute atomic E-state index is 12.6. The maximum Gasteiger partial charge on any atom is 0.341 e. The summed E-state index contributed by atoms with van der Waals surface area (Å²) in [4.78, 5) is 26.3. The molecule has 30 heavy (non-hydrogen) atoms. The van der Waals surface area contributed by atoms with Crippen molar-refractivity contribution in [3.63, 3.8) is 0 Å². The van der Waals surface area contributed by atoms with Crippen LogP contribution in [0.3, 0.4) is 0 Å². The molecule has 1 heterocycles. The number of hydrogen-bond donors (Lipinski definition) is 1. The highest BCUT2D eigenvalue weighted by Crippen LogP contribution is 2.40. The second-order valence-corrected chi connectivity index (χ2v) is 10.1. The molecule has 0 aliphatic heterocycles. The Labute approximate surface area is 183 Å². The van der Waals surface area contributed by atoms with Gasteiger partial charge in [0.25, 0.3) is 0 Å². The topological polar surface area (TPSA) is 55.4 Å². The minimum Gasteiger partial charge on any atom is -0.462 e. The zero-order chi connectivity index (χ0) is 21.9. The fourth-order valence-corrected chi connectivity index (χ4v) is 5.08. The number of ether oxygens (including phenoxy) is 1. The van der Waals surface area contributed by atoms with Crippen LogP contribution in [0.25, 0.3) is 6.08 Å². The number of rotatable bonds is 5. The molecular formula is C25H31NO3S. The fourth-order valence-electron chi connectivity index (χ4n) is 3.68. The Hall–Kier alpha value is -2.40. The predicted octanol–water partition coefficient (Wildman–Crippen LogP) is 6.00. The van der Waals surface area contributed by atoms with Crippen LogP contribution in [-0.2, 0) is 27.8 Å². The van der Waals surface area contributed by atoms with Gasteiger partial charge in [-0.25, -0.2) is 4.79 Å². The van der Waals surface area contributed by atoms with Gasteiger partial charge in [-0.05, 0) is 60.3 Å². The van der Waals surface area contributed by atoms with Crippen molar-refractivity contribution in [3.8, 4) is 0 Å². The van der Waals surface area contributed by atoms with Gasteiger partial charge in [-0.2, -0.15) is 0 Å². The third-order valence-corrected chi connectivity index (χ3v) is 6.60. The first kappa shape index (κ1) is 22.3. The first-order chi connectivity index (χ1) is 14.2. The summed E-state index contributed by atoms with van der Waals surface area (Å²) in [6.07, 6.45) is 6.16. The van der Waals surface area contributed by atoms with Crippen LogP contribution in [0, 0.1) is 5.92 Å². The van der Waals surface area contributed by atoms with Gasteiger partial charge < -0.3 is 10.1 Å². The Morgan fingerprint density at radius 2 is 1.93 bits per heavy atom. The number of esters is 1. The molecule has 1 aromatic heterocycles. The molecule has 4 nitrogen and oxygen atoms in total. The molecule has 1 aliphatic rings. The zero-order valence-corrected chi connectivity index (χ0v) is 19.3. The summed E-state index contributed by atoms with van der Waals surface area (Å²) < 4.78 is 5.27. The van der Waals surface area contributed by atoms with Crippen LogP contribution in [0.1, 0.15) is 73.0 Å². The van der Waals surface area contributed by atoms with Crippen LogP contribution in [0.5, 0.6) is 0 Å². The molecule has 3 rings (SSSR count). The fraction of sp³-hybridized carbons (Fsp3) is 0.440. The molecule has 0 radical (unpaired) electrons. The smallest absolute Gasteiger partial charge is 0.341 e. The summed E-state index contributed by atoms with van der Waals surface area (Å²) in [7, 11) is 0. The Balaban J connectivity index is 1.77. The highest BCUT2D eigenvalue weighted by molar-refractivity contribution is 7.17. The predicted molar refractivity (Wildman–Crippen MR) is 124 cm³/mol. The average molecular weight is 426 g/mol. The molecule has 1 N–H and O–H groups in total. The van der Waals surface area contributed by atoms with Gasteiger partial charge in [0.2, 0.25) is 5.91 Å². The van der Waals surface area contributed by atoms with Crippen LogP contribution >= 0.6 is 11.3 Å². The lowest BCUT2D eigenvalue weighted by molar-refractivity contribution is -0.111. The molecule has 0 saturated heterocycles. The van der Waals surface area contributed by atoms with Crippen molar-refractivity contribution < 1.29 is 14.3 Å². The number of amides is 1. The lowest BCUT2D eigenvalue weighted by Crippen LogP contribution is -2.15. The average Bonchev–Trinajstić information content (AvgIpc) is 3.03. The van der Waals surface area contributed by atoms with Crippen LogP contribution < -0.4 is 5.32 Å². The number of anilines is 1. The minimum absolute atomic E-state index is 0.0961. The zero-order valence-electron chi connectivity index (χ0n) is 18.5. The van der Waals surface area contributed by atoms with Gasteiger partial charge in [-0.3, -0.25) is 4.79 Å². The molecule has 1 unspecified atom stereocenters. The normalized spacial score (nSPS) is 16.4. The second-order valence-electron chi connectivity index (χ2n) is 8.97. The Bertz CT molecular complexity index is 948. The molecule has 0 bridgehead atoms. The van der Waals surface area contributed by atoms with Crippen LogP contribution in [0.15, 0.2) is 30.3 Å². The first-order valence-electron chi connectivity index (χ1n) is 10.6. The summed E-state index contributed by atoms with van der Waals surface area (Å²) >= 11 is 1.51. The van der Waals surface area contributed by atoms with Gasteiger partial charge in [0.1, 0.15) is 5.00 Å². The summed E-state index contributed by atoms with van der Waals surface area (Å²) in [5.41, 5.74) is 3.90. The summed E-state index contributed by atoms with van der Waals surface area (Å²) in [5, 5.41) is 3.52. The van der Waals surface area contributed by atoms with E-state index in [1.54, 1.807) is 13.0 Å². The van der Waals surface area contributed by atoms with E-state index in [1.165, 1.54) is 27.9 Å². The molecule has 0 saturated carbocycles. The standard InChI is InChI=1S/C25H31NO3S/c1-6-29-24(28)22-19-13-7-16(2)15-20(19)30-23(22)26-21(27)14-10-17-8-11-18(12-9-17)25(3,4)5/h8-12,14,16H,6-7,13,15H2,1-5H3,(H,26,27)/b14-10+. The lowest BCUT2D eigenvalue weighted by atomic mass is 9.87. The molecule has 1 atom stereocenters. The first-order valence-corrected chi connectivity index (χ1v) is 11.4. The Kier molecular flexibility index (Phi) is 6.81. The van der Waals surface area contributed by atoms with Crippen molar-refractivity contribution in [1.29, 1.82) is 0 Å². The summed E-state index contributed by atoms with van der Waals surface area (Å²) in [6, 6.07) is 8.20. The monoisotopic (exact) mass is 425 g/mol. The van der Waals surface area contributed by atoms with E-state index >= 15 is 0 Å². The van der Waals surface area contributed by atoms with E-state index < -0.39 is 0 Å². The van der Waals surface area contributed by atoms with E-state index in [2.05, 4.69) is 45.1 Å². The summed E-state index contributed by atoms with van der Waals surface area (Å²) in [6.45, 7) is 10.9. The van der Waals surface area contributed by atoms with E-state index in [-0.39, 0.29) is 17.3 Å². The number of nitrogens with one attached hydrogen (secondary N) is 1. The third kappa shape index (κ3) is 5.20. The van der Waals surface area contributed by atoms with E-state index in [9.17, 15) is 9.59 Å². The molecule has 0 fully saturated rings.